The topological polar surface area (TPSA) is 67.4 Å². The monoisotopic (exact) mass is 423 g/mol. The van der Waals surface area contributed by atoms with Gasteiger partial charge >= 0.3 is 0 Å². The average Bonchev–Trinajstić information content (AvgIpc) is 3.46. The summed E-state index contributed by atoms with van der Waals surface area (Å²) in [6, 6.07) is 15.8. The standard InChI is InChI=1S/C24H26FN3O3/c1-30-21-8-5-17(6-9-21)7-10-24(29)28-12-11-18(15-28)23-14-20(26-27-23)16-31-22-4-2-3-19(25)13-22/h2-6,8-9,13-14,18H,7,10-12,15-16H2,1H3,(H,26,27)/t18-/m1/s1. The molecular weight excluding hydrogens is 397 g/mol. The fourth-order valence-electron chi connectivity index (χ4n) is 3.81. The highest BCUT2D eigenvalue weighted by Crippen LogP contribution is 2.27. The molecule has 3 aromatic rings. The highest BCUT2D eigenvalue weighted by molar-refractivity contribution is 5.76. The van der Waals surface area contributed by atoms with Crippen molar-refractivity contribution in [1.29, 1.82) is 0 Å². The second-order valence-corrected chi connectivity index (χ2v) is 7.74. The third-order valence-electron chi connectivity index (χ3n) is 5.59. The van der Waals surface area contributed by atoms with Crippen LogP contribution in [0, 0.1) is 5.82 Å². The van der Waals surface area contributed by atoms with Crippen LogP contribution in [-0.2, 0) is 17.8 Å². The number of aromatic nitrogens is 2. The zero-order chi connectivity index (χ0) is 21.6. The minimum atomic E-state index is -0.328. The van der Waals surface area contributed by atoms with E-state index in [0.29, 0.717) is 25.1 Å². The van der Waals surface area contributed by atoms with Crippen LogP contribution in [0.4, 0.5) is 4.39 Å². The van der Waals surface area contributed by atoms with Crippen molar-refractivity contribution in [2.75, 3.05) is 20.2 Å². The van der Waals surface area contributed by atoms with Crippen LogP contribution in [0.25, 0.3) is 0 Å². The van der Waals surface area contributed by atoms with Gasteiger partial charge in [0, 0.05) is 31.5 Å². The number of rotatable bonds is 8. The largest absolute Gasteiger partial charge is 0.497 e. The molecule has 0 bridgehead atoms. The Morgan fingerprint density at radius 2 is 2.03 bits per heavy atom. The number of benzene rings is 2. The number of aryl methyl sites for hydroxylation is 1. The van der Waals surface area contributed by atoms with Gasteiger partial charge in [0.2, 0.25) is 5.91 Å². The van der Waals surface area contributed by atoms with Crippen molar-refractivity contribution in [1.82, 2.24) is 15.1 Å². The minimum absolute atomic E-state index is 0.170. The first-order valence-electron chi connectivity index (χ1n) is 10.4. The Balaban J connectivity index is 1.26. The van der Waals surface area contributed by atoms with E-state index in [1.165, 1.54) is 12.1 Å². The Kier molecular flexibility index (Phi) is 6.50. The molecule has 7 heteroatoms. The van der Waals surface area contributed by atoms with Gasteiger partial charge in [-0.15, -0.1) is 0 Å². The minimum Gasteiger partial charge on any atom is -0.497 e. The van der Waals surface area contributed by atoms with Gasteiger partial charge in [0.25, 0.3) is 0 Å². The summed E-state index contributed by atoms with van der Waals surface area (Å²) in [5.74, 6) is 1.35. The van der Waals surface area contributed by atoms with Crippen molar-refractivity contribution in [3.8, 4) is 11.5 Å². The molecule has 1 fully saturated rings. The second-order valence-electron chi connectivity index (χ2n) is 7.74. The van der Waals surface area contributed by atoms with E-state index in [9.17, 15) is 9.18 Å². The highest BCUT2D eigenvalue weighted by Gasteiger charge is 2.28. The van der Waals surface area contributed by atoms with Gasteiger partial charge in [0.05, 0.1) is 18.5 Å². The molecule has 2 heterocycles. The lowest BCUT2D eigenvalue weighted by Gasteiger charge is -2.16. The van der Waals surface area contributed by atoms with E-state index in [0.717, 1.165) is 35.7 Å². The Labute approximate surface area is 181 Å². The van der Waals surface area contributed by atoms with Gasteiger partial charge < -0.3 is 14.4 Å². The van der Waals surface area contributed by atoms with Crippen molar-refractivity contribution in [3.05, 3.63) is 77.4 Å². The van der Waals surface area contributed by atoms with Crippen LogP contribution in [0.3, 0.4) is 0 Å². The number of methoxy groups -OCH3 is 1. The van der Waals surface area contributed by atoms with Gasteiger partial charge in [-0.3, -0.25) is 9.89 Å². The molecule has 4 rings (SSSR count). The Morgan fingerprint density at radius 1 is 1.19 bits per heavy atom. The molecule has 1 aliphatic heterocycles. The molecule has 31 heavy (non-hydrogen) atoms. The first-order chi connectivity index (χ1) is 15.1. The number of carbonyl (C=O) groups is 1. The van der Waals surface area contributed by atoms with E-state index in [1.54, 1.807) is 19.2 Å². The normalized spacial score (nSPS) is 15.8. The number of ether oxygens (including phenoxy) is 2. The van der Waals surface area contributed by atoms with Crippen LogP contribution < -0.4 is 9.47 Å². The summed E-state index contributed by atoms with van der Waals surface area (Å²) in [4.78, 5) is 14.6. The number of amides is 1. The fourth-order valence-corrected chi connectivity index (χ4v) is 3.81. The second kappa shape index (κ2) is 9.64. The van der Waals surface area contributed by atoms with Crippen LogP contribution >= 0.6 is 0 Å². The van der Waals surface area contributed by atoms with Crippen molar-refractivity contribution < 1.29 is 18.7 Å². The van der Waals surface area contributed by atoms with E-state index < -0.39 is 0 Å². The molecule has 1 aliphatic rings. The lowest BCUT2D eigenvalue weighted by atomic mass is 10.1. The van der Waals surface area contributed by atoms with Crippen molar-refractivity contribution in [2.24, 2.45) is 0 Å². The van der Waals surface area contributed by atoms with Gasteiger partial charge in [-0.25, -0.2) is 4.39 Å². The Morgan fingerprint density at radius 3 is 2.81 bits per heavy atom. The van der Waals surface area contributed by atoms with E-state index in [2.05, 4.69) is 10.2 Å². The summed E-state index contributed by atoms with van der Waals surface area (Å²) in [5.41, 5.74) is 2.88. The van der Waals surface area contributed by atoms with Crippen LogP contribution in [0.5, 0.6) is 11.5 Å². The maximum atomic E-state index is 13.2. The molecule has 162 valence electrons. The number of likely N-dealkylation sites (tertiary alicyclic amines) is 1. The number of hydrogen-bond donors (Lipinski definition) is 1. The smallest absolute Gasteiger partial charge is 0.222 e. The zero-order valence-corrected chi connectivity index (χ0v) is 17.5. The van der Waals surface area contributed by atoms with Gasteiger partial charge in [0.15, 0.2) is 0 Å². The summed E-state index contributed by atoms with van der Waals surface area (Å²) >= 11 is 0. The lowest BCUT2D eigenvalue weighted by Crippen LogP contribution is -2.28. The van der Waals surface area contributed by atoms with Gasteiger partial charge in [-0.1, -0.05) is 18.2 Å². The fraction of sp³-hybridized carbons (Fsp3) is 0.333. The first kappa shape index (κ1) is 20.9. The van der Waals surface area contributed by atoms with Crippen molar-refractivity contribution >= 4 is 5.91 Å². The Bertz CT molecular complexity index is 1020. The first-order valence-corrected chi connectivity index (χ1v) is 10.4. The molecule has 1 atom stereocenters. The van der Waals surface area contributed by atoms with Gasteiger partial charge in [0.1, 0.15) is 23.9 Å². The van der Waals surface area contributed by atoms with Crippen molar-refractivity contribution in [2.45, 2.75) is 31.8 Å². The maximum Gasteiger partial charge on any atom is 0.222 e. The summed E-state index contributed by atoms with van der Waals surface area (Å²) in [6.45, 7) is 1.71. The molecule has 1 saturated heterocycles. The number of nitrogens with zero attached hydrogens (tertiary/aromatic N) is 2. The molecule has 2 aromatic carbocycles. The van der Waals surface area contributed by atoms with Crippen LogP contribution in [-0.4, -0.2) is 41.2 Å². The number of aromatic amines is 1. The SMILES string of the molecule is COc1ccc(CCC(=O)N2CC[C@@H](c3cc(COc4cccc(F)c4)[nH]n3)C2)cc1. The lowest BCUT2D eigenvalue weighted by molar-refractivity contribution is -0.130. The summed E-state index contributed by atoms with van der Waals surface area (Å²) < 4.78 is 24.0. The quantitative estimate of drug-likeness (QED) is 0.593. The molecule has 0 radical (unpaired) electrons. The molecule has 1 N–H and O–H groups in total. The van der Waals surface area contributed by atoms with Crippen LogP contribution in [0.1, 0.15) is 35.7 Å². The third-order valence-corrected chi connectivity index (χ3v) is 5.59. The molecule has 1 aromatic heterocycles. The van der Waals surface area contributed by atoms with E-state index in [1.807, 2.05) is 35.2 Å². The molecule has 0 aliphatic carbocycles. The number of halogens is 1. The summed E-state index contributed by atoms with van der Waals surface area (Å²) in [5, 5.41) is 7.39. The summed E-state index contributed by atoms with van der Waals surface area (Å²) in [7, 11) is 1.64. The number of H-pyrrole nitrogens is 1. The van der Waals surface area contributed by atoms with E-state index >= 15 is 0 Å². The molecule has 0 unspecified atom stereocenters. The summed E-state index contributed by atoms with van der Waals surface area (Å²) in [6.07, 6.45) is 2.10. The van der Waals surface area contributed by atoms with Gasteiger partial charge in [-0.05, 0) is 48.7 Å². The average molecular weight is 423 g/mol. The number of nitrogens with one attached hydrogen (secondary N) is 1. The van der Waals surface area contributed by atoms with E-state index in [4.69, 9.17) is 9.47 Å². The number of hydrogen-bond acceptors (Lipinski definition) is 4. The Hall–Kier alpha value is -3.35. The third kappa shape index (κ3) is 5.42. The predicted molar refractivity (Wildman–Crippen MR) is 115 cm³/mol. The highest BCUT2D eigenvalue weighted by atomic mass is 19.1. The number of carbonyl (C=O) groups excluding carboxylic acids is 1. The molecule has 0 saturated carbocycles. The van der Waals surface area contributed by atoms with E-state index in [-0.39, 0.29) is 24.2 Å². The van der Waals surface area contributed by atoms with Crippen LogP contribution in [0.15, 0.2) is 54.6 Å². The maximum absolute atomic E-state index is 13.2. The van der Waals surface area contributed by atoms with Crippen LogP contribution in [0.2, 0.25) is 0 Å². The predicted octanol–water partition coefficient (Wildman–Crippen LogP) is 4.09. The van der Waals surface area contributed by atoms with Crippen molar-refractivity contribution in [3.63, 3.8) is 0 Å². The van der Waals surface area contributed by atoms with Gasteiger partial charge in [-0.2, -0.15) is 5.10 Å². The zero-order valence-electron chi connectivity index (χ0n) is 17.5. The molecular formula is C24H26FN3O3. The molecule has 6 nitrogen and oxygen atoms in total. The molecule has 1 amide bonds. The molecule has 0 spiro atoms.